The molecule has 7 nitrogen and oxygen atoms in total. The molecule has 0 atom stereocenters. The van der Waals surface area contributed by atoms with Gasteiger partial charge >= 0.3 is 5.82 Å². The third kappa shape index (κ3) is 2.16. The Labute approximate surface area is 117 Å². The smallest absolute Gasteiger partial charge is 0.372 e. The predicted molar refractivity (Wildman–Crippen MR) is 77.9 cm³/mol. The highest BCUT2D eigenvalue weighted by Crippen LogP contribution is 2.28. The molecule has 0 aliphatic rings. The van der Waals surface area contributed by atoms with Gasteiger partial charge in [0.05, 0.1) is 0 Å². The molecule has 2 aromatic heterocycles. The van der Waals surface area contributed by atoms with Crippen LogP contribution in [0.25, 0.3) is 4.96 Å². The zero-order chi connectivity index (χ0) is 14.1. The first-order chi connectivity index (χ1) is 9.65. The van der Waals surface area contributed by atoms with Gasteiger partial charge in [-0.2, -0.15) is 9.38 Å². The first-order valence-electron chi connectivity index (χ1n) is 5.83. The van der Waals surface area contributed by atoms with Crippen LogP contribution < -0.4 is 11.1 Å². The van der Waals surface area contributed by atoms with Gasteiger partial charge in [0, 0.05) is 17.6 Å². The van der Waals surface area contributed by atoms with Crippen LogP contribution in [0.2, 0.25) is 0 Å². The number of aromatic nitrogens is 2. The number of rotatable bonds is 4. The first kappa shape index (κ1) is 12.4. The summed E-state index contributed by atoms with van der Waals surface area (Å²) in [6.07, 6.45) is 1.64. The van der Waals surface area contributed by atoms with Crippen molar-refractivity contribution in [3.8, 4) is 0 Å². The van der Waals surface area contributed by atoms with Crippen LogP contribution in [-0.2, 0) is 6.54 Å². The lowest BCUT2D eigenvalue weighted by molar-refractivity contribution is -0.389. The van der Waals surface area contributed by atoms with Crippen molar-refractivity contribution < 1.29 is 4.92 Å². The molecule has 0 amide bonds. The minimum Gasteiger partial charge on any atom is -0.399 e. The van der Waals surface area contributed by atoms with E-state index in [1.165, 1.54) is 15.7 Å². The minimum absolute atomic E-state index is 0.0447. The average molecular weight is 289 g/mol. The molecule has 0 aliphatic carbocycles. The van der Waals surface area contributed by atoms with Gasteiger partial charge in [0.1, 0.15) is 6.20 Å². The van der Waals surface area contributed by atoms with E-state index in [2.05, 4.69) is 10.3 Å². The van der Waals surface area contributed by atoms with Gasteiger partial charge in [-0.1, -0.05) is 23.5 Å². The van der Waals surface area contributed by atoms with Crippen LogP contribution in [0, 0.1) is 10.1 Å². The normalized spacial score (nSPS) is 10.8. The summed E-state index contributed by atoms with van der Waals surface area (Å²) in [5.41, 5.74) is 7.27. The second-order valence-corrected chi connectivity index (χ2v) is 5.06. The Hall–Kier alpha value is -2.61. The number of nitrogen functional groups attached to an aromatic ring is 1. The van der Waals surface area contributed by atoms with E-state index in [9.17, 15) is 10.1 Å². The molecule has 0 spiro atoms. The molecular weight excluding hydrogens is 278 g/mol. The van der Waals surface area contributed by atoms with Gasteiger partial charge in [-0.25, -0.2) is 0 Å². The van der Waals surface area contributed by atoms with Gasteiger partial charge in [-0.3, -0.25) is 0 Å². The van der Waals surface area contributed by atoms with E-state index in [-0.39, 0.29) is 11.6 Å². The Kier molecular flexibility index (Phi) is 2.99. The van der Waals surface area contributed by atoms with Gasteiger partial charge in [-0.05, 0) is 22.6 Å². The summed E-state index contributed by atoms with van der Waals surface area (Å²) >= 11 is 1.35. The van der Waals surface area contributed by atoms with Crippen molar-refractivity contribution in [2.24, 2.45) is 0 Å². The van der Waals surface area contributed by atoms with Crippen molar-refractivity contribution in [1.82, 2.24) is 9.38 Å². The van der Waals surface area contributed by atoms with Crippen molar-refractivity contribution in [1.29, 1.82) is 0 Å². The number of nitrogens with two attached hydrogens (primary N) is 1. The monoisotopic (exact) mass is 289 g/mol. The predicted octanol–water partition coefficient (Wildman–Crippen LogP) is 2.50. The molecule has 2 heterocycles. The first-order valence-corrected chi connectivity index (χ1v) is 6.71. The number of hydrogen-bond donors (Lipinski definition) is 2. The summed E-state index contributed by atoms with van der Waals surface area (Å²) < 4.78 is 1.47. The highest BCUT2D eigenvalue weighted by atomic mass is 32.1. The second-order valence-electron chi connectivity index (χ2n) is 4.19. The van der Waals surface area contributed by atoms with Crippen LogP contribution in [-0.4, -0.2) is 14.3 Å². The third-order valence-corrected chi connectivity index (χ3v) is 3.61. The molecule has 0 bridgehead atoms. The van der Waals surface area contributed by atoms with Gasteiger partial charge in [0.2, 0.25) is 5.82 Å². The molecule has 8 heteroatoms. The molecule has 0 unspecified atom stereocenters. The number of nitro groups is 1. The summed E-state index contributed by atoms with van der Waals surface area (Å²) in [4.78, 5) is 15.5. The van der Waals surface area contributed by atoms with Gasteiger partial charge in [-0.15, -0.1) is 0 Å². The number of benzene rings is 1. The van der Waals surface area contributed by atoms with Crippen molar-refractivity contribution in [3.63, 3.8) is 0 Å². The van der Waals surface area contributed by atoms with E-state index < -0.39 is 4.92 Å². The number of hydrogen-bond acceptors (Lipinski definition) is 6. The maximum Gasteiger partial charge on any atom is 0.372 e. The molecule has 3 rings (SSSR count). The summed E-state index contributed by atoms with van der Waals surface area (Å²) in [5, 5.41) is 15.9. The van der Waals surface area contributed by atoms with E-state index in [1.807, 2.05) is 12.1 Å². The highest BCUT2D eigenvalue weighted by Gasteiger charge is 2.23. The quantitative estimate of drug-likeness (QED) is 0.437. The Morgan fingerprint density at radius 3 is 2.85 bits per heavy atom. The van der Waals surface area contributed by atoms with Crippen LogP contribution in [0.15, 0.2) is 35.8 Å². The molecule has 0 saturated heterocycles. The van der Waals surface area contributed by atoms with Crippen LogP contribution >= 0.6 is 11.3 Å². The topological polar surface area (TPSA) is 98.5 Å². The van der Waals surface area contributed by atoms with E-state index in [0.717, 1.165) is 5.56 Å². The van der Waals surface area contributed by atoms with Crippen LogP contribution in [0.1, 0.15) is 5.56 Å². The fraction of sp³-hybridized carbons (Fsp3) is 0.0833. The molecule has 3 N–H and O–H groups in total. The largest absolute Gasteiger partial charge is 0.399 e. The van der Waals surface area contributed by atoms with Crippen LogP contribution in [0.4, 0.5) is 17.3 Å². The lowest BCUT2D eigenvalue weighted by Crippen LogP contribution is -2.03. The van der Waals surface area contributed by atoms with E-state index >= 15 is 0 Å². The number of nitrogens with zero attached hydrogens (tertiary/aromatic N) is 3. The molecule has 102 valence electrons. The van der Waals surface area contributed by atoms with Gasteiger partial charge in [0.25, 0.3) is 4.96 Å². The highest BCUT2D eigenvalue weighted by molar-refractivity contribution is 7.15. The number of nitrogens with one attached hydrogen (secondary N) is 1. The maximum absolute atomic E-state index is 11.1. The van der Waals surface area contributed by atoms with E-state index in [0.29, 0.717) is 17.2 Å². The molecule has 20 heavy (non-hydrogen) atoms. The summed E-state index contributed by atoms with van der Waals surface area (Å²) in [6, 6.07) is 7.31. The summed E-state index contributed by atoms with van der Waals surface area (Å²) in [7, 11) is 0. The lowest BCUT2D eigenvalue weighted by atomic mass is 10.2. The van der Waals surface area contributed by atoms with Crippen molar-refractivity contribution in [3.05, 3.63) is 51.5 Å². The Bertz CT molecular complexity index is 762. The van der Waals surface area contributed by atoms with Crippen molar-refractivity contribution >= 4 is 33.6 Å². The number of thiazole rings is 1. The van der Waals surface area contributed by atoms with E-state index in [4.69, 9.17) is 5.73 Å². The van der Waals surface area contributed by atoms with Gasteiger partial charge < -0.3 is 21.2 Å². The van der Waals surface area contributed by atoms with Crippen LogP contribution in [0.5, 0.6) is 0 Å². The molecule has 3 aromatic rings. The third-order valence-electron chi connectivity index (χ3n) is 2.85. The maximum atomic E-state index is 11.1. The zero-order valence-electron chi connectivity index (χ0n) is 10.3. The minimum atomic E-state index is -0.433. The summed E-state index contributed by atoms with van der Waals surface area (Å²) in [6.45, 7) is 0.450. The second kappa shape index (κ2) is 4.82. The fourth-order valence-electron chi connectivity index (χ4n) is 1.89. The number of imidazole rings is 1. The molecule has 0 fully saturated rings. The number of anilines is 2. The number of fused-ring (bicyclic) bond motifs is 1. The van der Waals surface area contributed by atoms with Crippen molar-refractivity contribution in [2.75, 3.05) is 11.1 Å². The molecule has 0 aliphatic heterocycles. The summed E-state index contributed by atoms with van der Waals surface area (Å²) in [5.74, 6) is 0.232. The van der Waals surface area contributed by atoms with Crippen molar-refractivity contribution in [2.45, 2.75) is 6.54 Å². The SMILES string of the molecule is Nc1ccc(CNc2nc3sccn3c2[N+](=O)[O-])cc1. The standard InChI is InChI=1S/C12H11N5O2S/c13-9-3-1-8(2-4-9)7-14-10-11(17(18)19)16-5-6-20-12(16)15-10/h1-6,14H,7,13H2. The van der Waals surface area contributed by atoms with E-state index in [1.54, 1.807) is 23.7 Å². The Morgan fingerprint density at radius 1 is 1.40 bits per heavy atom. The molecular formula is C12H11N5O2S. The Balaban J connectivity index is 1.87. The molecule has 1 aromatic carbocycles. The molecule has 0 radical (unpaired) electrons. The fourth-order valence-corrected chi connectivity index (χ4v) is 2.60. The van der Waals surface area contributed by atoms with Crippen LogP contribution in [0.3, 0.4) is 0 Å². The average Bonchev–Trinajstić information content (AvgIpc) is 2.97. The Morgan fingerprint density at radius 2 is 2.15 bits per heavy atom. The molecule has 0 saturated carbocycles. The lowest BCUT2D eigenvalue weighted by Gasteiger charge is -2.04. The zero-order valence-corrected chi connectivity index (χ0v) is 11.1. The van der Waals surface area contributed by atoms with Gasteiger partial charge in [0.15, 0.2) is 0 Å².